The van der Waals surface area contributed by atoms with E-state index in [0.717, 1.165) is 23.5 Å². The first-order valence-electron chi connectivity index (χ1n) is 6.59. The van der Waals surface area contributed by atoms with E-state index in [4.69, 9.17) is 0 Å². The highest BCUT2D eigenvalue weighted by atomic mass is 19.1. The van der Waals surface area contributed by atoms with Crippen LogP contribution in [0.4, 0.5) is 4.39 Å². The van der Waals surface area contributed by atoms with Crippen LogP contribution in [-0.2, 0) is 0 Å². The molecule has 0 radical (unpaired) electrons. The van der Waals surface area contributed by atoms with Crippen LogP contribution >= 0.6 is 0 Å². The van der Waals surface area contributed by atoms with Crippen molar-refractivity contribution >= 4 is 0 Å². The molecule has 1 aromatic carbocycles. The molecule has 0 aliphatic carbocycles. The summed E-state index contributed by atoms with van der Waals surface area (Å²) in [5.74, 6) is -0.215. The number of aryl methyl sites for hydroxylation is 1. The van der Waals surface area contributed by atoms with Gasteiger partial charge in [-0.1, -0.05) is 6.92 Å². The summed E-state index contributed by atoms with van der Waals surface area (Å²) in [6.07, 6.45) is 1.88. The Bertz CT molecular complexity index is 575. The molecule has 0 saturated heterocycles. The molecule has 0 aliphatic heterocycles. The van der Waals surface area contributed by atoms with E-state index in [2.05, 4.69) is 24.3 Å². The minimum atomic E-state index is -0.215. The lowest BCUT2D eigenvalue weighted by Crippen LogP contribution is -2.18. The molecular formula is C15H20FN3. The zero-order valence-corrected chi connectivity index (χ0v) is 11.9. The predicted molar refractivity (Wildman–Crippen MR) is 75.1 cm³/mol. The number of hydrogen-bond donors (Lipinski definition) is 1. The van der Waals surface area contributed by atoms with Crippen molar-refractivity contribution in [1.82, 2.24) is 15.1 Å². The minimum absolute atomic E-state index is 0.215. The summed E-state index contributed by atoms with van der Waals surface area (Å²) in [4.78, 5) is 0. The van der Waals surface area contributed by atoms with Gasteiger partial charge in [-0.2, -0.15) is 5.10 Å². The number of benzene rings is 1. The van der Waals surface area contributed by atoms with Gasteiger partial charge in [-0.3, -0.25) is 0 Å². The van der Waals surface area contributed by atoms with E-state index in [1.54, 1.807) is 6.07 Å². The van der Waals surface area contributed by atoms with E-state index < -0.39 is 0 Å². The Morgan fingerprint density at radius 2 is 2.11 bits per heavy atom. The van der Waals surface area contributed by atoms with Gasteiger partial charge in [0, 0.05) is 17.3 Å². The highest BCUT2D eigenvalue weighted by molar-refractivity contribution is 5.42. The van der Waals surface area contributed by atoms with E-state index in [9.17, 15) is 4.39 Å². The zero-order valence-electron chi connectivity index (χ0n) is 11.9. The average molecular weight is 261 g/mol. The Morgan fingerprint density at radius 1 is 1.37 bits per heavy atom. The van der Waals surface area contributed by atoms with Crippen LogP contribution < -0.4 is 5.32 Å². The number of rotatable bonds is 4. The van der Waals surface area contributed by atoms with E-state index in [0.29, 0.717) is 0 Å². The van der Waals surface area contributed by atoms with Gasteiger partial charge < -0.3 is 5.32 Å². The average Bonchev–Trinajstić information content (AvgIpc) is 2.72. The lowest BCUT2D eigenvalue weighted by Gasteiger charge is -2.13. The fraction of sp³-hybridized carbons (Fsp3) is 0.400. The maximum absolute atomic E-state index is 13.2. The summed E-state index contributed by atoms with van der Waals surface area (Å²) in [6, 6.07) is 5.03. The second-order valence-corrected chi connectivity index (χ2v) is 4.81. The SMILES string of the molecule is CCNC(C)c1cnn(-c2ccc(F)cc2C)c1C. The Kier molecular flexibility index (Phi) is 4.00. The lowest BCUT2D eigenvalue weighted by molar-refractivity contribution is 0.594. The van der Waals surface area contributed by atoms with Crippen molar-refractivity contribution in [1.29, 1.82) is 0 Å². The van der Waals surface area contributed by atoms with Crippen molar-refractivity contribution < 1.29 is 4.39 Å². The van der Waals surface area contributed by atoms with E-state index >= 15 is 0 Å². The van der Waals surface area contributed by atoms with E-state index in [1.807, 2.05) is 24.7 Å². The van der Waals surface area contributed by atoms with E-state index in [-0.39, 0.29) is 11.9 Å². The van der Waals surface area contributed by atoms with Gasteiger partial charge in [-0.15, -0.1) is 0 Å². The number of nitrogens with zero attached hydrogens (tertiary/aromatic N) is 2. The highest BCUT2D eigenvalue weighted by Gasteiger charge is 2.14. The normalized spacial score (nSPS) is 12.7. The van der Waals surface area contributed by atoms with Crippen LogP contribution in [0.5, 0.6) is 0 Å². The van der Waals surface area contributed by atoms with Gasteiger partial charge in [-0.25, -0.2) is 9.07 Å². The van der Waals surface area contributed by atoms with Crippen molar-refractivity contribution in [3.05, 3.63) is 47.0 Å². The quantitative estimate of drug-likeness (QED) is 0.915. The largest absolute Gasteiger partial charge is 0.310 e. The molecule has 1 heterocycles. The lowest BCUT2D eigenvalue weighted by atomic mass is 10.1. The summed E-state index contributed by atoms with van der Waals surface area (Å²) < 4.78 is 15.0. The molecule has 0 bridgehead atoms. The third kappa shape index (κ3) is 2.68. The fourth-order valence-corrected chi connectivity index (χ4v) is 2.36. The highest BCUT2D eigenvalue weighted by Crippen LogP contribution is 2.22. The summed E-state index contributed by atoms with van der Waals surface area (Å²) >= 11 is 0. The zero-order chi connectivity index (χ0) is 14.0. The van der Waals surface area contributed by atoms with Crippen molar-refractivity contribution in [2.75, 3.05) is 6.54 Å². The summed E-state index contributed by atoms with van der Waals surface area (Å²) in [5.41, 5.74) is 4.07. The third-order valence-corrected chi connectivity index (χ3v) is 3.41. The molecule has 4 heteroatoms. The second-order valence-electron chi connectivity index (χ2n) is 4.81. The maximum atomic E-state index is 13.2. The molecule has 1 aromatic heterocycles. The molecule has 2 rings (SSSR count). The van der Waals surface area contributed by atoms with Gasteiger partial charge in [0.05, 0.1) is 11.9 Å². The number of aromatic nitrogens is 2. The van der Waals surface area contributed by atoms with Crippen LogP contribution in [0.25, 0.3) is 5.69 Å². The molecular weight excluding hydrogens is 241 g/mol. The summed E-state index contributed by atoms with van der Waals surface area (Å²) in [7, 11) is 0. The molecule has 1 unspecified atom stereocenters. The van der Waals surface area contributed by atoms with Crippen LogP contribution in [0, 0.1) is 19.7 Å². The Morgan fingerprint density at radius 3 is 2.74 bits per heavy atom. The third-order valence-electron chi connectivity index (χ3n) is 3.41. The number of halogens is 1. The molecule has 0 spiro atoms. The predicted octanol–water partition coefficient (Wildman–Crippen LogP) is 3.30. The molecule has 2 aromatic rings. The van der Waals surface area contributed by atoms with Crippen molar-refractivity contribution in [2.24, 2.45) is 0 Å². The molecule has 102 valence electrons. The molecule has 19 heavy (non-hydrogen) atoms. The second kappa shape index (κ2) is 5.53. The Balaban J connectivity index is 2.41. The van der Waals surface area contributed by atoms with Gasteiger partial charge in [0.15, 0.2) is 0 Å². The van der Waals surface area contributed by atoms with Crippen LogP contribution in [0.2, 0.25) is 0 Å². The van der Waals surface area contributed by atoms with E-state index in [1.165, 1.54) is 17.7 Å². The first-order valence-corrected chi connectivity index (χ1v) is 6.59. The first-order chi connectivity index (χ1) is 9.04. The van der Waals surface area contributed by atoms with Crippen LogP contribution in [0.15, 0.2) is 24.4 Å². The molecule has 0 amide bonds. The molecule has 3 nitrogen and oxygen atoms in total. The fourth-order valence-electron chi connectivity index (χ4n) is 2.36. The summed E-state index contributed by atoms with van der Waals surface area (Å²) in [5, 5.41) is 7.81. The number of hydrogen-bond acceptors (Lipinski definition) is 2. The van der Waals surface area contributed by atoms with Crippen molar-refractivity contribution in [3.8, 4) is 5.69 Å². The van der Waals surface area contributed by atoms with Crippen LogP contribution in [-0.4, -0.2) is 16.3 Å². The smallest absolute Gasteiger partial charge is 0.123 e. The van der Waals surface area contributed by atoms with Crippen LogP contribution in [0.1, 0.15) is 36.7 Å². The Labute approximate surface area is 113 Å². The van der Waals surface area contributed by atoms with Gasteiger partial charge >= 0.3 is 0 Å². The molecule has 0 aliphatic rings. The van der Waals surface area contributed by atoms with Gasteiger partial charge in [-0.05, 0) is 51.1 Å². The van der Waals surface area contributed by atoms with Crippen molar-refractivity contribution in [3.63, 3.8) is 0 Å². The Hall–Kier alpha value is -1.68. The first kappa shape index (κ1) is 13.7. The monoisotopic (exact) mass is 261 g/mol. The molecule has 1 atom stereocenters. The van der Waals surface area contributed by atoms with Crippen LogP contribution in [0.3, 0.4) is 0 Å². The molecule has 0 saturated carbocycles. The summed E-state index contributed by atoms with van der Waals surface area (Å²) in [6.45, 7) is 9.06. The van der Waals surface area contributed by atoms with Gasteiger partial charge in [0.2, 0.25) is 0 Å². The topological polar surface area (TPSA) is 29.9 Å². The van der Waals surface area contributed by atoms with Crippen molar-refractivity contribution in [2.45, 2.75) is 33.7 Å². The minimum Gasteiger partial charge on any atom is -0.310 e. The van der Waals surface area contributed by atoms with Gasteiger partial charge in [0.25, 0.3) is 0 Å². The standard InChI is InChI=1S/C15H20FN3/c1-5-17-11(3)14-9-18-19(12(14)4)15-7-6-13(16)8-10(15)2/h6-9,11,17H,5H2,1-4H3. The van der Waals surface area contributed by atoms with Gasteiger partial charge in [0.1, 0.15) is 5.82 Å². The maximum Gasteiger partial charge on any atom is 0.123 e. The molecule has 0 fully saturated rings. The molecule has 1 N–H and O–H groups in total. The number of nitrogens with one attached hydrogen (secondary N) is 1.